The molecule has 1 heterocycles. The highest BCUT2D eigenvalue weighted by molar-refractivity contribution is 5.38. The Balaban J connectivity index is 2.65. The second-order valence-electron chi connectivity index (χ2n) is 4.50. The summed E-state index contributed by atoms with van der Waals surface area (Å²) in [5.41, 5.74) is 0. The van der Waals surface area contributed by atoms with E-state index in [4.69, 9.17) is 9.84 Å². The maximum Gasteiger partial charge on any atom is 0.218 e. The summed E-state index contributed by atoms with van der Waals surface area (Å²) >= 11 is 0. The summed E-state index contributed by atoms with van der Waals surface area (Å²) in [7, 11) is 0. The van der Waals surface area contributed by atoms with Crippen molar-refractivity contribution in [1.29, 1.82) is 0 Å². The van der Waals surface area contributed by atoms with Crippen molar-refractivity contribution < 1.29 is 9.84 Å². The van der Waals surface area contributed by atoms with Crippen molar-refractivity contribution >= 4 is 5.82 Å². The van der Waals surface area contributed by atoms with E-state index in [1.54, 1.807) is 6.07 Å². The van der Waals surface area contributed by atoms with Crippen LogP contribution in [0.4, 0.5) is 5.82 Å². The minimum atomic E-state index is 0.0894. The van der Waals surface area contributed by atoms with Crippen LogP contribution in [0.3, 0.4) is 0 Å². The Morgan fingerprint density at radius 3 is 2.59 bits per heavy atom. The number of hydrogen-bond donors (Lipinski definition) is 2. The van der Waals surface area contributed by atoms with E-state index in [1.807, 2.05) is 27.7 Å². The Hall–Kier alpha value is -1.36. The summed E-state index contributed by atoms with van der Waals surface area (Å²) < 4.78 is 5.48. The first kappa shape index (κ1) is 13.7. The molecule has 0 saturated heterocycles. The first-order chi connectivity index (χ1) is 8.02. The molecule has 0 aliphatic carbocycles. The van der Waals surface area contributed by atoms with Crippen LogP contribution in [0.2, 0.25) is 0 Å². The van der Waals surface area contributed by atoms with E-state index in [2.05, 4.69) is 15.3 Å². The Morgan fingerprint density at radius 2 is 2.00 bits per heavy atom. The van der Waals surface area contributed by atoms with Crippen LogP contribution in [-0.2, 0) is 0 Å². The molecule has 0 aliphatic heterocycles. The average molecular weight is 239 g/mol. The fraction of sp³-hybridized carbons (Fsp3) is 0.667. The van der Waals surface area contributed by atoms with Gasteiger partial charge in [0.1, 0.15) is 12.1 Å². The molecule has 2 N–H and O–H groups in total. The Bertz CT molecular complexity index is 344. The fourth-order valence-electron chi connectivity index (χ4n) is 1.26. The molecule has 0 spiro atoms. The van der Waals surface area contributed by atoms with Crippen LogP contribution >= 0.6 is 0 Å². The standard InChI is InChI=1S/C12H21N3O2/c1-8(2)17-12-5-11(13-7-14-12)15-10(4)9(3)6-16/h5,7-10,16H,6H2,1-4H3,(H,13,14,15). The molecule has 1 aromatic rings. The third kappa shape index (κ3) is 4.56. The zero-order valence-electron chi connectivity index (χ0n) is 10.8. The van der Waals surface area contributed by atoms with Gasteiger partial charge in [-0.05, 0) is 26.7 Å². The first-order valence-electron chi connectivity index (χ1n) is 5.89. The quantitative estimate of drug-likeness (QED) is 0.790. The molecule has 1 aromatic heterocycles. The Kier molecular flexibility index (Phi) is 5.15. The molecule has 5 heteroatoms. The molecule has 1 rings (SSSR count). The lowest BCUT2D eigenvalue weighted by Crippen LogP contribution is -2.26. The van der Waals surface area contributed by atoms with Crippen molar-refractivity contribution in [3.8, 4) is 5.88 Å². The Morgan fingerprint density at radius 1 is 1.29 bits per heavy atom. The van der Waals surface area contributed by atoms with Crippen molar-refractivity contribution in [2.45, 2.75) is 39.8 Å². The van der Waals surface area contributed by atoms with Gasteiger partial charge >= 0.3 is 0 Å². The van der Waals surface area contributed by atoms with Crippen molar-refractivity contribution in [3.05, 3.63) is 12.4 Å². The number of aliphatic hydroxyl groups is 1. The number of aliphatic hydroxyl groups excluding tert-OH is 1. The van der Waals surface area contributed by atoms with Crippen molar-refractivity contribution in [2.75, 3.05) is 11.9 Å². The summed E-state index contributed by atoms with van der Waals surface area (Å²) in [6.07, 6.45) is 1.56. The highest BCUT2D eigenvalue weighted by Gasteiger charge is 2.12. The van der Waals surface area contributed by atoms with Crippen LogP contribution in [0.25, 0.3) is 0 Å². The van der Waals surface area contributed by atoms with Crippen molar-refractivity contribution in [2.24, 2.45) is 5.92 Å². The largest absolute Gasteiger partial charge is 0.475 e. The molecular formula is C12H21N3O2. The molecule has 96 valence electrons. The summed E-state index contributed by atoms with van der Waals surface area (Å²) in [6, 6.07) is 1.91. The molecule has 0 amide bonds. The van der Waals surface area contributed by atoms with Gasteiger partial charge in [-0.15, -0.1) is 0 Å². The number of hydrogen-bond acceptors (Lipinski definition) is 5. The molecule has 2 unspecified atom stereocenters. The highest BCUT2D eigenvalue weighted by Crippen LogP contribution is 2.15. The number of ether oxygens (including phenoxy) is 1. The second-order valence-corrected chi connectivity index (χ2v) is 4.50. The lowest BCUT2D eigenvalue weighted by atomic mass is 10.1. The molecule has 0 bridgehead atoms. The molecule has 0 aliphatic rings. The van der Waals surface area contributed by atoms with Crippen LogP contribution in [0, 0.1) is 5.92 Å². The lowest BCUT2D eigenvalue weighted by molar-refractivity contribution is 0.225. The smallest absolute Gasteiger partial charge is 0.218 e. The van der Waals surface area contributed by atoms with Crippen LogP contribution in [-0.4, -0.2) is 33.8 Å². The van der Waals surface area contributed by atoms with E-state index in [9.17, 15) is 0 Å². The third-order valence-corrected chi connectivity index (χ3v) is 2.52. The first-order valence-corrected chi connectivity index (χ1v) is 5.89. The fourth-order valence-corrected chi connectivity index (χ4v) is 1.26. The van der Waals surface area contributed by atoms with E-state index in [1.165, 1.54) is 6.33 Å². The lowest BCUT2D eigenvalue weighted by Gasteiger charge is -2.20. The minimum absolute atomic E-state index is 0.0894. The summed E-state index contributed by atoms with van der Waals surface area (Å²) in [6.45, 7) is 8.03. The normalized spacial score (nSPS) is 14.5. The van der Waals surface area contributed by atoms with Crippen LogP contribution in [0.1, 0.15) is 27.7 Å². The van der Waals surface area contributed by atoms with Gasteiger partial charge in [-0.3, -0.25) is 0 Å². The molecule has 0 aromatic carbocycles. The maximum absolute atomic E-state index is 9.06. The van der Waals surface area contributed by atoms with E-state index < -0.39 is 0 Å². The van der Waals surface area contributed by atoms with Crippen LogP contribution in [0.15, 0.2) is 12.4 Å². The van der Waals surface area contributed by atoms with Gasteiger partial charge in [-0.1, -0.05) is 6.92 Å². The Labute approximate surface area is 102 Å². The second kappa shape index (κ2) is 6.39. The molecule has 2 atom stereocenters. The molecular weight excluding hydrogens is 218 g/mol. The monoisotopic (exact) mass is 239 g/mol. The van der Waals surface area contributed by atoms with Gasteiger partial charge in [-0.2, -0.15) is 0 Å². The SMILES string of the molecule is CC(C)Oc1cc(NC(C)C(C)CO)ncn1. The predicted octanol–water partition coefficient (Wildman–Crippen LogP) is 1.69. The van der Waals surface area contributed by atoms with Crippen LogP contribution < -0.4 is 10.1 Å². The van der Waals surface area contributed by atoms with Crippen molar-refractivity contribution in [3.63, 3.8) is 0 Å². The van der Waals surface area contributed by atoms with Gasteiger partial charge in [0.15, 0.2) is 0 Å². The van der Waals surface area contributed by atoms with Gasteiger partial charge in [0, 0.05) is 18.7 Å². The predicted molar refractivity (Wildman–Crippen MR) is 67.1 cm³/mol. The molecule has 17 heavy (non-hydrogen) atoms. The van der Waals surface area contributed by atoms with E-state index >= 15 is 0 Å². The van der Waals surface area contributed by atoms with E-state index in [-0.39, 0.29) is 24.7 Å². The highest BCUT2D eigenvalue weighted by atomic mass is 16.5. The van der Waals surface area contributed by atoms with Gasteiger partial charge in [0.2, 0.25) is 5.88 Å². The zero-order valence-corrected chi connectivity index (χ0v) is 10.8. The molecule has 0 fully saturated rings. The van der Waals surface area contributed by atoms with Gasteiger partial charge in [0.25, 0.3) is 0 Å². The maximum atomic E-state index is 9.06. The number of rotatable bonds is 6. The number of nitrogens with zero attached hydrogens (tertiary/aromatic N) is 2. The van der Waals surface area contributed by atoms with Crippen LogP contribution in [0.5, 0.6) is 5.88 Å². The average Bonchev–Trinajstić information content (AvgIpc) is 2.27. The minimum Gasteiger partial charge on any atom is -0.475 e. The van der Waals surface area contributed by atoms with Gasteiger partial charge < -0.3 is 15.2 Å². The molecule has 5 nitrogen and oxygen atoms in total. The zero-order chi connectivity index (χ0) is 12.8. The number of anilines is 1. The summed E-state index contributed by atoms with van der Waals surface area (Å²) in [4.78, 5) is 8.15. The third-order valence-electron chi connectivity index (χ3n) is 2.52. The summed E-state index contributed by atoms with van der Waals surface area (Å²) in [5.74, 6) is 1.43. The summed E-state index contributed by atoms with van der Waals surface area (Å²) in [5, 5.41) is 12.3. The van der Waals surface area contributed by atoms with Gasteiger partial charge in [-0.25, -0.2) is 9.97 Å². The van der Waals surface area contributed by atoms with Gasteiger partial charge in [0.05, 0.1) is 6.10 Å². The van der Waals surface area contributed by atoms with E-state index in [0.29, 0.717) is 11.7 Å². The molecule has 0 radical (unpaired) electrons. The van der Waals surface area contributed by atoms with E-state index in [0.717, 1.165) is 0 Å². The topological polar surface area (TPSA) is 67.3 Å². The molecule has 0 saturated carbocycles. The van der Waals surface area contributed by atoms with Crippen molar-refractivity contribution in [1.82, 2.24) is 9.97 Å². The number of nitrogens with one attached hydrogen (secondary N) is 1. The number of aromatic nitrogens is 2.